The molecular formula is C23H26N4O2S. The smallest absolute Gasteiger partial charge is 0.107 e. The Kier molecular flexibility index (Phi) is 4.54. The Morgan fingerprint density at radius 1 is 1.23 bits per heavy atom. The standard InChI is InChI=1S/C23H26N4O2S/c28-13-18-19-12-26(15-23(19)14-24-9-20(18)29-23)10-16-11-27(17-5-2-1-3-6-17)25-22(16)21-7-4-8-30-21/h1-8,11,18-20,24,28H,9-10,12-15H2/t18-,19+,20+,23+/m0/s1. The molecule has 2 aromatic heterocycles. The lowest BCUT2D eigenvalue weighted by Gasteiger charge is -2.34. The summed E-state index contributed by atoms with van der Waals surface area (Å²) in [6.45, 7) is 4.64. The molecule has 4 atom stereocenters. The quantitative estimate of drug-likeness (QED) is 0.661. The number of benzene rings is 1. The predicted octanol–water partition coefficient (Wildman–Crippen LogP) is 2.38. The molecule has 0 aliphatic carbocycles. The summed E-state index contributed by atoms with van der Waals surface area (Å²) < 4.78 is 8.47. The van der Waals surface area contributed by atoms with Crippen LogP contribution in [0.15, 0.2) is 54.0 Å². The van der Waals surface area contributed by atoms with Gasteiger partial charge in [0.2, 0.25) is 0 Å². The number of rotatable bonds is 5. The molecule has 1 spiro atoms. The molecule has 3 aliphatic heterocycles. The average Bonchev–Trinajstić information content (AvgIpc) is 3.52. The summed E-state index contributed by atoms with van der Waals surface area (Å²) in [5, 5.41) is 20.6. The van der Waals surface area contributed by atoms with E-state index in [9.17, 15) is 5.11 Å². The van der Waals surface area contributed by atoms with Crippen molar-refractivity contribution in [1.29, 1.82) is 0 Å². The highest BCUT2D eigenvalue weighted by atomic mass is 32.1. The van der Waals surface area contributed by atoms with E-state index < -0.39 is 0 Å². The minimum absolute atomic E-state index is 0.151. The number of morpholine rings is 1. The summed E-state index contributed by atoms with van der Waals surface area (Å²) in [7, 11) is 0. The fourth-order valence-electron chi connectivity index (χ4n) is 5.62. The highest BCUT2D eigenvalue weighted by Crippen LogP contribution is 2.47. The third kappa shape index (κ3) is 2.96. The maximum absolute atomic E-state index is 9.99. The molecule has 30 heavy (non-hydrogen) atoms. The summed E-state index contributed by atoms with van der Waals surface area (Å²) in [6.07, 6.45) is 2.32. The molecule has 0 saturated carbocycles. The molecule has 6 rings (SSSR count). The largest absolute Gasteiger partial charge is 0.396 e. The van der Waals surface area contributed by atoms with Gasteiger partial charge >= 0.3 is 0 Å². The topological polar surface area (TPSA) is 62.5 Å². The van der Waals surface area contributed by atoms with Crippen molar-refractivity contribution in [1.82, 2.24) is 20.0 Å². The number of aliphatic hydroxyl groups excluding tert-OH is 1. The normalized spacial score (nSPS) is 30.6. The Bertz CT molecular complexity index is 1020. The van der Waals surface area contributed by atoms with Crippen molar-refractivity contribution in [3.05, 3.63) is 59.6 Å². The van der Waals surface area contributed by atoms with Gasteiger partial charge in [-0.05, 0) is 23.6 Å². The zero-order valence-corrected chi connectivity index (χ0v) is 17.6. The van der Waals surface area contributed by atoms with E-state index in [1.54, 1.807) is 11.3 Å². The summed E-state index contributed by atoms with van der Waals surface area (Å²) in [6, 6.07) is 14.5. The molecule has 3 fully saturated rings. The molecule has 7 heteroatoms. The van der Waals surface area contributed by atoms with E-state index in [-0.39, 0.29) is 24.2 Å². The predicted molar refractivity (Wildman–Crippen MR) is 117 cm³/mol. The highest BCUT2D eigenvalue weighted by Gasteiger charge is 2.60. The lowest BCUT2D eigenvalue weighted by atomic mass is 9.83. The molecule has 156 valence electrons. The fraction of sp³-hybridized carbons (Fsp3) is 0.435. The van der Waals surface area contributed by atoms with E-state index in [4.69, 9.17) is 9.84 Å². The molecule has 2 N–H and O–H groups in total. The molecule has 0 radical (unpaired) electrons. The van der Waals surface area contributed by atoms with Crippen LogP contribution in [-0.2, 0) is 11.3 Å². The third-order valence-corrected chi connectivity index (χ3v) is 7.82. The minimum Gasteiger partial charge on any atom is -0.396 e. The van der Waals surface area contributed by atoms with Crippen molar-refractivity contribution >= 4 is 11.3 Å². The molecule has 3 saturated heterocycles. The first-order valence-corrected chi connectivity index (χ1v) is 11.5. The molecular weight excluding hydrogens is 396 g/mol. The number of aromatic nitrogens is 2. The second-order valence-corrected chi connectivity index (χ2v) is 9.68. The van der Waals surface area contributed by atoms with E-state index in [1.807, 2.05) is 22.9 Å². The van der Waals surface area contributed by atoms with Crippen LogP contribution in [0, 0.1) is 11.8 Å². The van der Waals surface area contributed by atoms with Crippen LogP contribution in [-0.4, -0.2) is 64.3 Å². The van der Waals surface area contributed by atoms with Crippen LogP contribution in [0.4, 0.5) is 0 Å². The Labute approximate surface area is 180 Å². The average molecular weight is 423 g/mol. The zero-order chi connectivity index (χ0) is 20.1. The van der Waals surface area contributed by atoms with Crippen molar-refractivity contribution in [3.8, 4) is 16.3 Å². The molecule has 3 aromatic rings. The maximum atomic E-state index is 9.99. The van der Waals surface area contributed by atoms with Crippen molar-refractivity contribution < 1.29 is 9.84 Å². The lowest BCUT2D eigenvalue weighted by Crippen LogP contribution is -2.52. The number of hydrogen-bond acceptors (Lipinski definition) is 6. The Hall–Kier alpha value is -2.03. The van der Waals surface area contributed by atoms with Gasteiger partial charge in [0.05, 0.1) is 22.3 Å². The van der Waals surface area contributed by atoms with Gasteiger partial charge in [-0.1, -0.05) is 24.3 Å². The summed E-state index contributed by atoms with van der Waals surface area (Å²) in [5.41, 5.74) is 3.21. The van der Waals surface area contributed by atoms with Crippen LogP contribution in [0.25, 0.3) is 16.3 Å². The summed E-state index contributed by atoms with van der Waals surface area (Å²) in [5.74, 6) is 0.616. The van der Waals surface area contributed by atoms with E-state index in [2.05, 4.69) is 46.1 Å². The van der Waals surface area contributed by atoms with E-state index >= 15 is 0 Å². The zero-order valence-electron chi connectivity index (χ0n) is 16.8. The molecule has 0 unspecified atom stereocenters. The first-order valence-electron chi connectivity index (χ1n) is 10.7. The Morgan fingerprint density at radius 3 is 2.93 bits per heavy atom. The number of hydrogen-bond donors (Lipinski definition) is 2. The number of nitrogens with one attached hydrogen (secondary N) is 1. The van der Waals surface area contributed by atoms with Gasteiger partial charge in [-0.25, -0.2) is 4.68 Å². The lowest BCUT2D eigenvalue weighted by molar-refractivity contribution is -0.0746. The van der Waals surface area contributed by atoms with Crippen LogP contribution in [0.2, 0.25) is 0 Å². The van der Waals surface area contributed by atoms with Crippen molar-refractivity contribution in [2.45, 2.75) is 18.2 Å². The number of likely N-dealkylation sites (tertiary alicyclic amines) is 1. The number of aliphatic hydroxyl groups is 1. The van der Waals surface area contributed by atoms with Crippen LogP contribution in [0.1, 0.15) is 5.56 Å². The monoisotopic (exact) mass is 422 g/mol. The minimum atomic E-state index is -0.158. The van der Waals surface area contributed by atoms with Gasteiger partial charge in [0.1, 0.15) is 5.69 Å². The van der Waals surface area contributed by atoms with Crippen molar-refractivity contribution in [2.24, 2.45) is 11.8 Å². The summed E-state index contributed by atoms with van der Waals surface area (Å²) >= 11 is 1.73. The van der Waals surface area contributed by atoms with Gasteiger partial charge in [-0.3, -0.25) is 4.90 Å². The van der Waals surface area contributed by atoms with Gasteiger partial charge in [-0.15, -0.1) is 11.3 Å². The van der Waals surface area contributed by atoms with Gasteiger partial charge < -0.3 is 15.2 Å². The molecule has 1 aromatic carbocycles. The van der Waals surface area contributed by atoms with Gasteiger partial charge in [0.25, 0.3) is 0 Å². The van der Waals surface area contributed by atoms with Crippen molar-refractivity contribution in [3.63, 3.8) is 0 Å². The number of nitrogens with zero attached hydrogens (tertiary/aromatic N) is 3. The van der Waals surface area contributed by atoms with E-state index in [1.165, 1.54) is 10.4 Å². The van der Waals surface area contributed by atoms with E-state index in [0.717, 1.165) is 44.1 Å². The van der Waals surface area contributed by atoms with Gasteiger partial charge in [0, 0.05) is 62.9 Å². The summed E-state index contributed by atoms with van der Waals surface area (Å²) in [4.78, 5) is 3.68. The molecule has 5 heterocycles. The second kappa shape index (κ2) is 7.28. The van der Waals surface area contributed by atoms with Gasteiger partial charge in [0.15, 0.2) is 0 Å². The maximum Gasteiger partial charge on any atom is 0.107 e. The van der Waals surface area contributed by atoms with Crippen LogP contribution >= 0.6 is 11.3 Å². The van der Waals surface area contributed by atoms with Gasteiger partial charge in [-0.2, -0.15) is 5.10 Å². The molecule has 0 amide bonds. The SMILES string of the molecule is OC[C@H]1[C@H]2CN(Cc3cn(-c4ccccc4)nc3-c3cccs3)C[C@]23CNC[C@H]1O3. The first-order chi connectivity index (χ1) is 14.8. The number of thiophene rings is 1. The Balaban J connectivity index is 1.31. The number of fused-ring (bicyclic) bond motifs is 1. The fourth-order valence-corrected chi connectivity index (χ4v) is 6.36. The number of para-hydroxylation sites is 1. The van der Waals surface area contributed by atoms with E-state index in [0.29, 0.717) is 5.92 Å². The third-order valence-electron chi connectivity index (χ3n) is 6.94. The Morgan fingerprint density at radius 2 is 2.13 bits per heavy atom. The van der Waals surface area contributed by atoms with Crippen LogP contribution in [0.5, 0.6) is 0 Å². The second-order valence-electron chi connectivity index (χ2n) is 8.73. The molecule has 6 nitrogen and oxygen atoms in total. The number of ether oxygens (including phenoxy) is 1. The highest BCUT2D eigenvalue weighted by molar-refractivity contribution is 7.13. The van der Waals surface area contributed by atoms with Crippen LogP contribution < -0.4 is 5.32 Å². The molecule has 3 aliphatic rings. The molecule has 2 bridgehead atoms. The van der Waals surface area contributed by atoms with Crippen LogP contribution in [0.3, 0.4) is 0 Å². The van der Waals surface area contributed by atoms with Crippen molar-refractivity contribution in [2.75, 3.05) is 32.8 Å². The first kappa shape index (κ1) is 18.7.